The highest BCUT2D eigenvalue weighted by Gasteiger charge is 2.28. The van der Waals surface area contributed by atoms with Crippen molar-refractivity contribution >= 4 is 34.6 Å². The molecule has 0 fully saturated rings. The van der Waals surface area contributed by atoms with Gasteiger partial charge < -0.3 is 15.3 Å². The number of carbonyl (C=O) groups excluding carboxylic acids is 3. The summed E-state index contributed by atoms with van der Waals surface area (Å²) in [6.45, 7) is 2.07. The number of nitrogens with zero attached hydrogens (tertiary/aromatic N) is 2. The van der Waals surface area contributed by atoms with E-state index >= 15 is 0 Å². The van der Waals surface area contributed by atoms with E-state index in [1.54, 1.807) is 50.2 Å². The van der Waals surface area contributed by atoms with Crippen LogP contribution < -0.4 is 10.2 Å². The van der Waals surface area contributed by atoms with Gasteiger partial charge in [0.05, 0.1) is 16.5 Å². The van der Waals surface area contributed by atoms with Crippen molar-refractivity contribution in [2.75, 3.05) is 19.0 Å². The maximum Gasteiger partial charge on any atom is 0.263 e. The number of phenols is 1. The predicted molar refractivity (Wildman–Crippen MR) is 125 cm³/mol. The van der Waals surface area contributed by atoms with Gasteiger partial charge in [-0.25, -0.2) is 0 Å². The Bertz CT molecular complexity index is 1090. The second-order valence-corrected chi connectivity index (χ2v) is 8.51. The maximum absolute atomic E-state index is 13.3. The fourth-order valence-corrected chi connectivity index (χ4v) is 4.20. The second-order valence-electron chi connectivity index (χ2n) is 7.48. The third-order valence-electron chi connectivity index (χ3n) is 5.01. The third-order valence-corrected chi connectivity index (χ3v) is 6.31. The van der Waals surface area contributed by atoms with Gasteiger partial charge in [0.2, 0.25) is 6.41 Å². The summed E-state index contributed by atoms with van der Waals surface area (Å²) < 4.78 is 0. The molecule has 1 aromatic heterocycles. The maximum atomic E-state index is 13.3. The summed E-state index contributed by atoms with van der Waals surface area (Å²) in [6, 6.07) is 16.9. The summed E-state index contributed by atoms with van der Waals surface area (Å²) in [5.41, 5.74) is 1.96. The van der Waals surface area contributed by atoms with Crippen LogP contribution in [0.1, 0.15) is 44.1 Å². The predicted octanol–water partition coefficient (Wildman–Crippen LogP) is 3.81. The molecule has 0 bridgehead atoms. The molecular weight excluding hydrogens is 426 g/mol. The fraction of sp³-hybridized carbons (Fsp3) is 0.208. The van der Waals surface area contributed by atoms with Crippen molar-refractivity contribution in [1.82, 2.24) is 10.2 Å². The number of benzene rings is 2. The SMILES string of the molecule is CC(c1ccccc1)N(C=O)C(=O)c1cc(C(=O)NCc2ccc(O)cc2)sc1N(C)C. The van der Waals surface area contributed by atoms with Crippen LogP contribution in [0.2, 0.25) is 0 Å². The topological polar surface area (TPSA) is 90.0 Å². The quantitative estimate of drug-likeness (QED) is 0.509. The van der Waals surface area contributed by atoms with E-state index in [1.165, 1.54) is 17.4 Å². The summed E-state index contributed by atoms with van der Waals surface area (Å²) in [4.78, 5) is 41.1. The number of nitrogens with one attached hydrogen (secondary N) is 1. The normalized spacial score (nSPS) is 11.5. The number of carbonyl (C=O) groups is 3. The molecule has 1 atom stereocenters. The minimum atomic E-state index is -0.464. The summed E-state index contributed by atoms with van der Waals surface area (Å²) in [6.07, 6.45) is 0.529. The van der Waals surface area contributed by atoms with Crippen LogP contribution in [0, 0.1) is 0 Å². The van der Waals surface area contributed by atoms with Gasteiger partial charge in [0, 0.05) is 20.6 Å². The molecule has 3 amide bonds. The molecule has 2 aromatic carbocycles. The van der Waals surface area contributed by atoms with E-state index in [1.807, 2.05) is 30.3 Å². The zero-order valence-corrected chi connectivity index (χ0v) is 18.9. The van der Waals surface area contributed by atoms with Crippen LogP contribution in [0.5, 0.6) is 5.75 Å². The van der Waals surface area contributed by atoms with Crippen LogP contribution in [0.15, 0.2) is 60.7 Å². The number of aromatic hydroxyl groups is 1. The van der Waals surface area contributed by atoms with Crippen molar-refractivity contribution in [1.29, 1.82) is 0 Å². The highest BCUT2D eigenvalue weighted by atomic mass is 32.1. The monoisotopic (exact) mass is 451 g/mol. The van der Waals surface area contributed by atoms with Gasteiger partial charge in [0.15, 0.2) is 0 Å². The van der Waals surface area contributed by atoms with E-state index in [2.05, 4.69) is 5.32 Å². The van der Waals surface area contributed by atoms with Crippen molar-refractivity contribution in [3.8, 4) is 5.75 Å². The molecule has 1 unspecified atom stereocenters. The minimum absolute atomic E-state index is 0.154. The van der Waals surface area contributed by atoms with Crippen molar-refractivity contribution in [3.63, 3.8) is 0 Å². The van der Waals surface area contributed by atoms with Crippen LogP contribution in [-0.4, -0.2) is 42.3 Å². The molecule has 0 saturated heterocycles. The molecule has 1 heterocycles. The first-order chi connectivity index (χ1) is 15.3. The molecule has 166 valence electrons. The number of rotatable bonds is 8. The zero-order valence-electron chi connectivity index (χ0n) is 18.1. The molecule has 0 radical (unpaired) electrons. The summed E-state index contributed by atoms with van der Waals surface area (Å²) in [5, 5.41) is 12.8. The number of anilines is 1. The van der Waals surface area contributed by atoms with Crippen LogP contribution in [-0.2, 0) is 11.3 Å². The average Bonchev–Trinajstić information content (AvgIpc) is 3.25. The number of hydrogen-bond donors (Lipinski definition) is 2. The highest BCUT2D eigenvalue weighted by molar-refractivity contribution is 7.18. The van der Waals surface area contributed by atoms with Gasteiger partial charge in [-0.1, -0.05) is 42.5 Å². The van der Waals surface area contributed by atoms with Gasteiger partial charge in [-0.15, -0.1) is 11.3 Å². The number of phenolic OH excluding ortho intramolecular Hbond substituents is 1. The molecular formula is C24H25N3O4S. The van der Waals surface area contributed by atoms with Crippen LogP contribution in [0.3, 0.4) is 0 Å². The number of imide groups is 1. The molecule has 0 aliphatic rings. The molecule has 0 aliphatic heterocycles. The fourth-order valence-electron chi connectivity index (χ4n) is 3.21. The molecule has 0 spiro atoms. The molecule has 0 saturated carbocycles. The summed E-state index contributed by atoms with van der Waals surface area (Å²) in [7, 11) is 3.57. The number of amides is 3. The molecule has 32 heavy (non-hydrogen) atoms. The molecule has 3 rings (SSSR count). The standard InChI is InChI=1S/C24H25N3O4S/c1-16(18-7-5-4-6-8-18)27(15-28)23(31)20-13-21(32-24(20)26(2)3)22(30)25-14-17-9-11-19(29)12-10-17/h4-13,15-16,29H,14H2,1-3H3,(H,25,30). The van der Waals surface area contributed by atoms with Crippen molar-refractivity contribution < 1.29 is 19.5 Å². The Morgan fingerprint density at radius 1 is 1.09 bits per heavy atom. The van der Waals surface area contributed by atoms with E-state index in [0.717, 1.165) is 16.0 Å². The van der Waals surface area contributed by atoms with E-state index in [9.17, 15) is 19.5 Å². The molecule has 3 aromatic rings. The van der Waals surface area contributed by atoms with Crippen molar-refractivity contribution in [3.05, 3.63) is 82.2 Å². The van der Waals surface area contributed by atoms with Crippen LogP contribution in [0.4, 0.5) is 5.00 Å². The van der Waals surface area contributed by atoms with Crippen LogP contribution in [0.25, 0.3) is 0 Å². The van der Waals surface area contributed by atoms with Gasteiger partial charge in [-0.3, -0.25) is 19.3 Å². The Morgan fingerprint density at radius 2 is 1.75 bits per heavy atom. The summed E-state index contributed by atoms with van der Waals surface area (Å²) in [5.74, 6) is -0.630. The minimum Gasteiger partial charge on any atom is -0.508 e. The molecule has 7 nitrogen and oxygen atoms in total. The van der Waals surface area contributed by atoms with E-state index in [4.69, 9.17) is 0 Å². The van der Waals surface area contributed by atoms with Gasteiger partial charge >= 0.3 is 0 Å². The van der Waals surface area contributed by atoms with Gasteiger partial charge in [-0.05, 0) is 36.2 Å². The lowest BCUT2D eigenvalue weighted by Gasteiger charge is -2.24. The number of hydrogen-bond acceptors (Lipinski definition) is 6. The Balaban J connectivity index is 1.82. The number of thiophene rings is 1. The highest BCUT2D eigenvalue weighted by Crippen LogP contribution is 2.33. The average molecular weight is 452 g/mol. The van der Waals surface area contributed by atoms with Crippen molar-refractivity contribution in [2.24, 2.45) is 0 Å². The summed E-state index contributed by atoms with van der Waals surface area (Å²) >= 11 is 1.19. The molecule has 0 aliphatic carbocycles. The third kappa shape index (κ3) is 5.15. The first-order valence-electron chi connectivity index (χ1n) is 10.0. The van der Waals surface area contributed by atoms with Crippen molar-refractivity contribution in [2.45, 2.75) is 19.5 Å². The van der Waals surface area contributed by atoms with E-state index in [-0.39, 0.29) is 18.2 Å². The lowest BCUT2D eigenvalue weighted by Crippen LogP contribution is -2.33. The first kappa shape index (κ1) is 23.0. The zero-order chi connectivity index (χ0) is 23.3. The molecule has 2 N–H and O–H groups in total. The van der Waals surface area contributed by atoms with Crippen LogP contribution >= 0.6 is 11.3 Å². The van der Waals surface area contributed by atoms with Gasteiger partial charge in [0.25, 0.3) is 11.8 Å². The Labute approximate surface area is 190 Å². The van der Waals surface area contributed by atoms with Gasteiger partial charge in [-0.2, -0.15) is 0 Å². The Hall–Kier alpha value is -3.65. The Kier molecular flexibility index (Phi) is 7.27. The smallest absolute Gasteiger partial charge is 0.263 e. The first-order valence-corrected chi connectivity index (χ1v) is 10.8. The van der Waals surface area contributed by atoms with Gasteiger partial charge in [0.1, 0.15) is 10.8 Å². The van der Waals surface area contributed by atoms with E-state index < -0.39 is 11.9 Å². The largest absolute Gasteiger partial charge is 0.508 e. The Morgan fingerprint density at radius 3 is 2.34 bits per heavy atom. The molecule has 8 heteroatoms. The lowest BCUT2D eigenvalue weighted by atomic mass is 10.1. The second kappa shape index (κ2) is 10.1. The lowest BCUT2D eigenvalue weighted by molar-refractivity contribution is -0.117. The van der Waals surface area contributed by atoms with E-state index in [0.29, 0.717) is 21.9 Å².